The number of benzene rings is 2. The van der Waals surface area contributed by atoms with Gasteiger partial charge in [-0.3, -0.25) is 4.79 Å². The van der Waals surface area contributed by atoms with Gasteiger partial charge in [-0.1, -0.05) is 34.1 Å². The van der Waals surface area contributed by atoms with Crippen LogP contribution in [0.4, 0.5) is 10.1 Å². The van der Waals surface area contributed by atoms with E-state index in [4.69, 9.17) is 0 Å². The summed E-state index contributed by atoms with van der Waals surface area (Å²) in [5, 5.41) is 2.83. The SMILES string of the molecule is O=C1Nc2ccc(Br)cc2[C@H]1Cc1ccccc1F. The van der Waals surface area contributed by atoms with Crippen molar-refractivity contribution in [3.05, 3.63) is 63.9 Å². The number of hydrogen-bond donors (Lipinski definition) is 1. The smallest absolute Gasteiger partial charge is 0.232 e. The first-order chi connectivity index (χ1) is 9.15. The highest BCUT2D eigenvalue weighted by Gasteiger charge is 2.31. The van der Waals surface area contributed by atoms with Crippen LogP contribution in [0, 0.1) is 5.82 Å². The molecule has 0 unspecified atom stereocenters. The Hall–Kier alpha value is -1.68. The quantitative estimate of drug-likeness (QED) is 0.894. The number of carbonyl (C=O) groups is 1. The zero-order valence-corrected chi connectivity index (χ0v) is 11.6. The Kier molecular flexibility index (Phi) is 3.11. The normalized spacial score (nSPS) is 17.2. The zero-order valence-electron chi connectivity index (χ0n) is 9.99. The van der Waals surface area contributed by atoms with Crippen LogP contribution in [-0.4, -0.2) is 5.91 Å². The van der Waals surface area contributed by atoms with Crippen LogP contribution in [0.5, 0.6) is 0 Å². The van der Waals surface area contributed by atoms with Gasteiger partial charge >= 0.3 is 0 Å². The summed E-state index contributed by atoms with van der Waals surface area (Å²) >= 11 is 3.40. The van der Waals surface area contributed by atoms with Gasteiger partial charge in [-0.2, -0.15) is 0 Å². The molecule has 1 N–H and O–H groups in total. The van der Waals surface area contributed by atoms with Crippen LogP contribution in [-0.2, 0) is 11.2 Å². The van der Waals surface area contributed by atoms with E-state index >= 15 is 0 Å². The standard InChI is InChI=1S/C15H11BrFNO/c16-10-5-6-14-11(8-10)12(15(19)18-14)7-9-3-1-2-4-13(9)17/h1-6,8,12H,7H2,(H,18,19)/t12-/m1/s1. The Labute approximate surface area is 118 Å². The lowest BCUT2D eigenvalue weighted by atomic mass is 9.93. The molecule has 2 aromatic rings. The van der Waals surface area contributed by atoms with Crippen molar-refractivity contribution in [2.45, 2.75) is 12.3 Å². The van der Waals surface area contributed by atoms with E-state index in [1.165, 1.54) is 6.07 Å². The van der Waals surface area contributed by atoms with E-state index in [9.17, 15) is 9.18 Å². The molecule has 1 heterocycles. The maximum absolute atomic E-state index is 13.7. The minimum Gasteiger partial charge on any atom is -0.325 e. The number of halogens is 2. The second-order valence-electron chi connectivity index (χ2n) is 4.57. The highest BCUT2D eigenvalue weighted by atomic mass is 79.9. The fraction of sp³-hybridized carbons (Fsp3) is 0.133. The van der Waals surface area contributed by atoms with Crippen molar-refractivity contribution in [3.63, 3.8) is 0 Å². The van der Waals surface area contributed by atoms with Crippen molar-refractivity contribution in [1.82, 2.24) is 0 Å². The van der Waals surface area contributed by atoms with E-state index in [0.29, 0.717) is 12.0 Å². The number of anilines is 1. The van der Waals surface area contributed by atoms with Crippen molar-refractivity contribution in [2.75, 3.05) is 5.32 Å². The minimum absolute atomic E-state index is 0.0728. The Morgan fingerprint density at radius 3 is 2.79 bits per heavy atom. The van der Waals surface area contributed by atoms with Gasteiger partial charge in [0.2, 0.25) is 5.91 Å². The summed E-state index contributed by atoms with van der Waals surface area (Å²) < 4.78 is 14.6. The molecule has 0 spiro atoms. The average molecular weight is 320 g/mol. The first-order valence-electron chi connectivity index (χ1n) is 5.99. The molecule has 1 atom stereocenters. The Morgan fingerprint density at radius 2 is 2.00 bits per heavy atom. The fourth-order valence-electron chi connectivity index (χ4n) is 2.38. The molecule has 0 saturated heterocycles. The van der Waals surface area contributed by atoms with Gasteiger partial charge in [-0.25, -0.2) is 4.39 Å². The maximum atomic E-state index is 13.7. The lowest BCUT2D eigenvalue weighted by Gasteiger charge is -2.10. The molecule has 0 aliphatic carbocycles. The second kappa shape index (κ2) is 4.78. The third kappa shape index (κ3) is 2.28. The average Bonchev–Trinajstić information content (AvgIpc) is 2.69. The molecule has 96 valence electrons. The summed E-state index contributed by atoms with van der Waals surface area (Å²) in [6.07, 6.45) is 0.377. The lowest BCUT2D eigenvalue weighted by Crippen LogP contribution is -2.14. The van der Waals surface area contributed by atoms with Gasteiger partial charge in [-0.05, 0) is 41.8 Å². The summed E-state index contributed by atoms with van der Waals surface area (Å²) in [4.78, 5) is 12.0. The number of rotatable bonds is 2. The van der Waals surface area contributed by atoms with Crippen LogP contribution in [0.25, 0.3) is 0 Å². The minimum atomic E-state index is -0.329. The summed E-state index contributed by atoms with van der Waals surface area (Å²) in [5.74, 6) is -0.667. The number of carbonyl (C=O) groups excluding carboxylic acids is 1. The van der Waals surface area contributed by atoms with E-state index in [1.807, 2.05) is 18.2 Å². The van der Waals surface area contributed by atoms with Crippen LogP contribution in [0.15, 0.2) is 46.9 Å². The van der Waals surface area contributed by atoms with Crippen LogP contribution in [0.2, 0.25) is 0 Å². The van der Waals surface area contributed by atoms with Gasteiger partial charge in [-0.15, -0.1) is 0 Å². The first-order valence-corrected chi connectivity index (χ1v) is 6.78. The second-order valence-corrected chi connectivity index (χ2v) is 5.48. The molecule has 2 aromatic carbocycles. The molecule has 0 saturated carbocycles. The van der Waals surface area contributed by atoms with Crippen molar-refractivity contribution in [2.24, 2.45) is 0 Å². The van der Waals surface area contributed by atoms with Crippen LogP contribution in [0.3, 0.4) is 0 Å². The van der Waals surface area contributed by atoms with Gasteiger partial charge in [0.15, 0.2) is 0 Å². The molecule has 2 nitrogen and oxygen atoms in total. The summed E-state index contributed by atoms with van der Waals surface area (Å²) in [7, 11) is 0. The molecular weight excluding hydrogens is 309 g/mol. The summed E-state index contributed by atoms with van der Waals surface area (Å²) in [5.41, 5.74) is 2.30. The molecule has 0 aromatic heterocycles. The van der Waals surface area contributed by atoms with Gasteiger partial charge < -0.3 is 5.32 Å². The Balaban J connectivity index is 1.97. The molecule has 1 amide bonds. The highest BCUT2D eigenvalue weighted by Crippen LogP contribution is 2.36. The molecular formula is C15H11BrFNO. The van der Waals surface area contributed by atoms with E-state index in [0.717, 1.165) is 15.7 Å². The van der Waals surface area contributed by atoms with Crippen molar-refractivity contribution < 1.29 is 9.18 Å². The number of nitrogens with one attached hydrogen (secondary N) is 1. The molecule has 0 bridgehead atoms. The van der Waals surface area contributed by atoms with E-state index in [-0.39, 0.29) is 17.6 Å². The lowest BCUT2D eigenvalue weighted by molar-refractivity contribution is -0.117. The molecule has 1 aliphatic rings. The van der Waals surface area contributed by atoms with Crippen LogP contribution < -0.4 is 5.32 Å². The first kappa shape index (κ1) is 12.4. The molecule has 1 aliphatic heterocycles. The van der Waals surface area contributed by atoms with Crippen molar-refractivity contribution in [1.29, 1.82) is 0 Å². The Morgan fingerprint density at radius 1 is 1.21 bits per heavy atom. The van der Waals surface area contributed by atoms with Gasteiger partial charge in [0.05, 0.1) is 5.92 Å². The van der Waals surface area contributed by atoms with E-state index < -0.39 is 0 Å². The topological polar surface area (TPSA) is 29.1 Å². The molecule has 4 heteroatoms. The summed E-state index contributed by atoms with van der Waals surface area (Å²) in [6.45, 7) is 0. The van der Waals surface area contributed by atoms with Gasteiger partial charge in [0, 0.05) is 10.2 Å². The predicted molar refractivity (Wildman–Crippen MR) is 75.6 cm³/mol. The summed E-state index contributed by atoms with van der Waals surface area (Å²) in [6, 6.07) is 12.2. The maximum Gasteiger partial charge on any atom is 0.232 e. The van der Waals surface area contributed by atoms with Crippen LogP contribution in [0.1, 0.15) is 17.0 Å². The van der Waals surface area contributed by atoms with Crippen LogP contribution >= 0.6 is 15.9 Å². The van der Waals surface area contributed by atoms with E-state index in [1.54, 1.807) is 18.2 Å². The molecule has 0 radical (unpaired) electrons. The molecule has 3 rings (SSSR count). The largest absolute Gasteiger partial charge is 0.325 e. The Bertz CT molecular complexity index is 656. The van der Waals surface area contributed by atoms with Gasteiger partial charge in [0.25, 0.3) is 0 Å². The fourth-order valence-corrected chi connectivity index (χ4v) is 2.76. The molecule has 19 heavy (non-hydrogen) atoms. The number of fused-ring (bicyclic) bond motifs is 1. The monoisotopic (exact) mass is 319 g/mol. The van der Waals surface area contributed by atoms with E-state index in [2.05, 4.69) is 21.2 Å². The molecule has 0 fully saturated rings. The predicted octanol–water partition coefficient (Wildman–Crippen LogP) is 3.87. The third-order valence-electron chi connectivity index (χ3n) is 3.35. The van der Waals surface area contributed by atoms with Gasteiger partial charge in [0.1, 0.15) is 5.82 Å². The number of amides is 1. The van der Waals surface area contributed by atoms with Crippen molar-refractivity contribution in [3.8, 4) is 0 Å². The zero-order chi connectivity index (χ0) is 13.4. The van der Waals surface area contributed by atoms with Crippen molar-refractivity contribution >= 4 is 27.5 Å². The number of hydrogen-bond acceptors (Lipinski definition) is 1. The highest BCUT2D eigenvalue weighted by molar-refractivity contribution is 9.10. The third-order valence-corrected chi connectivity index (χ3v) is 3.84.